The molecule has 1 aromatic rings. The standard InChI is InChI=1S/C24H35N3O5/c1-23(2,3)32-22(30)27-24(12-6-4-5-7-13-24)16-25-21(29)15-31-18-9-10-19-17(14-18)8-11-20(28)26-19/h9-10,14H,4-8,11-13,15-16H2,1-3H3,(H,25,29)(H,26,28)(H,27,30). The molecule has 1 aromatic carbocycles. The molecule has 0 saturated heterocycles. The van der Waals surface area contributed by atoms with Crippen molar-refractivity contribution in [1.82, 2.24) is 10.6 Å². The average Bonchev–Trinajstić information content (AvgIpc) is 2.95. The van der Waals surface area contributed by atoms with Crippen LogP contribution in [0.2, 0.25) is 0 Å². The van der Waals surface area contributed by atoms with Gasteiger partial charge in [0.1, 0.15) is 11.4 Å². The van der Waals surface area contributed by atoms with Crippen LogP contribution in [0.25, 0.3) is 0 Å². The Morgan fingerprint density at radius 1 is 1.09 bits per heavy atom. The number of rotatable bonds is 6. The maximum atomic E-state index is 12.5. The zero-order valence-corrected chi connectivity index (χ0v) is 19.3. The average molecular weight is 446 g/mol. The summed E-state index contributed by atoms with van der Waals surface area (Å²) in [5, 5.41) is 8.81. The Hall–Kier alpha value is -2.77. The van der Waals surface area contributed by atoms with E-state index in [1.807, 2.05) is 26.8 Å². The van der Waals surface area contributed by atoms with E-state index in [1.54, 1.807) is 12.1 Å². The lowest BCUT2D eigenvalue weighted by atomic mass is 9.90. The molecule has 0 unspecified atom stereocenters. The molecule has 176 valence electrons. The first-order valence-electron chi connectivity index (χ1n) is 11.5. The lowest BCUT2D eigenvalue weighted by molar-refractivity contribution is -0.123. The number of aryl methyl sites for hydroxylation is 1. The number of hydrogen-bond donors (Lipinski definition) is 3. The molecular formula is C24H35N3O5. The highest BCUT2D eigenvalue weighted by Gasteiger charge is 2.34. The van der Waals surface area contributed by atoms with Gasteiger partial charge in [-0.25, -0.2) is 4.79 Å². The van der Waals surface area contributed by atoms with Crippen LogP contribution in [0, 0.1) is 0 Å². The molecule has 8 nitrogen and oxygen atoms in total. The Labute approximate surface area is 189 Å². The lowest BCUT2D eigenvalue weighted by Gasteiger charge is -2.35. The molecule has 1 aliphatic heterocycles. The Balaban J connectivity index is 1.54. The van der Waals surface area contributed by atoms with E-state index in [4.69, 9.17) is 9.47 Å². The first-order valence-corrected chi connectivity index (χ1v) is 11.5. The van der Waals surface area contributed by atoms with E-state index in [2.05, 4.69) is 16.0 Å². The fourth-order valence-electron chi connectivity index (χ4n) is 4.19. The lowest BCUT2D eigenvalue weighted by Crippen LogP contribution is -2.56. The number of carbonyl (C=O) groups is 3. The number of amides is 3. The maximum Gasteiger partial charge on any atom is 0.408 e. The Bertz CT molecular complexity index is 839. The number of anilines is 1. The van der Waals surface area contributed by atoms with Crippen LogP contribution in [0.15, 0.2) is 18.2 Å². The minimum atomic E-state index is -0.579. The highest BCUT2D eigenvalue weighted by molar-refractivity contribution is 5.94. The van der Waals surface area contributed by atoms with Crippen molar-refractivity contribution in [3.05, 3.63) is 23.8 Å². The third kappa shape index (κ3) is 7.14. The van der Waals surface area contributed by atoms with E-state index >= 15 is 0 Å². The van der Waals surface area contributed by atoms with Crippen molar-refractivity contribution in [2.24, 2.45) is 0 Å². The van der Waals surface area contributed by atoms with Gasteiger partial charge < -0.3 is 25.4 Å². The number of carbonyl (C=O) groups excluding carboxylic acids is 3. The summed E-state index contributed by atoms with van der Waals surface area (Å²) in [7, 11) is 0. The smallest absolute Gasteiger partial charge is 0.408 e. The van der Waals surface area contributed by atoms with Crippen molar-refractivity contribution in [2.75, 3.05) is 18.5 Å². The minimum Gasteiger partial charge on any atom is -0.484 e. The molecule has 32 heavy (non-hydrogen) atoms. The van der Waals surface area contributed by atoms with Gasteiger partial charge in [-0.15, -0.1) is 0 Å². The molecule has 3 rings (SSSR count). The van der Waals surface area contributed by atoms with E-state index in [0.29, 0.717) is 25.1 Å². The van der Waals surface area contributed by atoms with Crippen molar-refractivity contribution in [2.45, 2.75) is 83.3 Å². The zero-order valence-electron chi connectivity index (χ0n) is 19.3. The van der Waals surface area contributed by atoms with Gasteiger partial charge in [0.25, 0.3) is 5.91 Å². The van der Waals surface area contributed by atoms with E-state index in [1.165, 1.54) is 0 Å². The molecule has 0 spiro atoms. The second kappa shape index (κ2) is 10.2. The third-order valence-corrected chi connectivity index (χ3v) is 5.79. The molecule has 3 amide bonds. The largest absolute Gasteiger partial charge is 0.484 e. The first-order chi connectivity index (χ1) is 15.1. The number of hydrogen-bond acceptors (Lipinski definition) is 5. The SMILES string of the molecule is CC(C)(C)OC(=O)NC1(CNC(=O)COc2ccc3c(c2)CCC(=O)N3)CCCCCC1. The summed E-state index contributed by atoms with van der Waals surface area (Å²) in [4.78, 5) is 36.4. The minimum absolute atomic E-state index is 0.0120. The topological polar surface area (TPSA) is 106 Å². The molecule has 1 saturated carbocycles. The number of ether oxygens (including phenoxy) is 2. The van der Waals surface area contributed by atoms with Crippen LogP contribution in [-0.2, 0) is 20.7 Å². The molecule has 0 bridgehead atoms. The molecular weight excluding hydrogens is 410 g/mol. The molecule has 0 radical (unpaired) electrons. The molecule has 0 aromatic heterocycles. The summed E-state index contributed by atoms with van der Waals surface area (Å²) in [6.07, 6.45) is 6.47. The van der Waals surface area contributed by atoms with Crippen molar-refractivity contribution in [1.29, 1.82) is 0 Å². The summed E-state index contributed by atoms with van der Waals surface area (Å²) in [5.74, 6) is 0.356. The van der Waals surface area contributed by atoms with Gasteiger partial charge in [-0.05, 0) is 63.8 Å². The van der Waals surface area contributed by atoms with Crippen molar-refractivity contribution >= 4 is 23.6 Å². The second-order valence-electron chi connectivity index (χ2n) is 9.75. The normalized spacial score (nSPS) is 17.9. The van der Waals surface area contributed by atoms with Gasteiger partial charge in [0.2, 0.25) is 5.91 Å². The maximum absolute atomic E-state index is 12.5. The van der Waals surface area contributed by atoms with E-state index in [-0.39, 0.29) is 18.4 Å². The van der Waals surface area contributed by atoms with Gasteiger partial charge >= 0.3 is 6.09 Å². The summed E-state index contributed by atoms with van der Waals surface area (Å²) in [5.41, 5.74) is 0.701. The molecule has 1 aliphatic carbocycles. The fraction of sp³-hybridized carbons (Fsp3) is 0.625. The van der Waals surface area contributed by atoms with E-state index in [0.717, 1.165) is 49.8 Å². The molecule has 3 N–H and O–H groups in total. The van der Waals surface area contributed by atoms with Crippen molar-refractivity contribution in [3.63, 3.8) is 0 Å². The number of fused-ring (bicyclic) bond motifs is 1. The van der Waals surface area contributed by atoms with E-state index in [9.17, 15) is 14.4 Å². The van der Waals surface area contributed by atoms with Gasteiger partial charge in [0.15, 0.2) is 6.61 Å². The summed E-state index contributed by atoms with van der Waals surface area (Å²) >= 11 is 0. The monoisotopic (exact) mass is 445 g/mol. The third-order valence-electron chi connectivity index (χ3n) is 5.79. The van der Waals surface area contributed by atoms with Gasteiger partial charge in [-0.2, -0.15) is 0 Å². The van der Waals surface area contributed by atoms with Gasteiger partial charge in [-0.1, -0.05) is 25.7 Å². The predicted molar refractivity (Wildman–Crippen MR) is 122 cm³/mol. The van der Waals surface area contributed by atoms with Crippen LogP contribution >= 0.6 is 0 Å². The Kier molecular flexibility index (Phi) is 7.64. The van der Waals surface area contributed by atoms with Crippen LogP contribution in [0.3, 0.4) is 0 Å². The van der Waals surface area contributed by atoms with Crippen LogP contribution in [0.5, 0.6) is 5.75 Å². The highest BCUT2D eigenvalue weighted by Crippen LogP contribution is 2.28. The van der Waals surface area contributed by atoms with E-state index < -0.39 is 17.2 Å². The number of nitrogens with one attached hydrogen (secondary N) is 3. The second-order valence-corrected chi connectivity index (χ2v) is 9.75. The predicted octanol–water partition coefficient (Wildman–Crippen LogP) is 3.68. The first kappa shape index (κ1) is 23.9. The number of alkyl carbamates (subject to hydrolysis) is 1. The van der Waals surface area contributed by atoms with Crippen LogP contribution < -0.4 is 20.7 Å². The Morgan fingerprint density at radius 3 is 2.50 bits per heavy atom. The molecule has 1 fully saturated rings. The zero-order chi connectivity index (χ0) is 23.2. The van der Waals surface area contributed by atoms with Crippen molar-refractivity contribution in [3.8, 4) is 5.75 Å². The summed E-state index contributed by atoms with van der Waals surface area (Å²) < 4.78 is 11.1. The van der Waals surface area contributed by atoms with Gasteiger partial charge in [0.05, 0.1) is 5.54 Å². The molecule has 8 heteroatoms. The summed E-state index contributed by atoms with van der Waals surface area (Å²) in [6.45, 7) is 5.72. The van der Waals surface area contributed by atoms with Crippen molar-refractivity contribution < 1.29 is 23.9 Å². The quantitative estimate of drug-likeness (QED) is 0.579. The van der Waals surface area contributed by atoms with Crippen LogP contribution in [0.1, 0.15) is 71.3 Å². The number of benzene rings is 1. The van der Waals surface area contributed by atoms with Gasteiger partial charge in [-0.3, -0.25) is 9.59 Å². The molecule has 0 atom stereocenters. The fourth-order valence-corrected chi connectivity index (χ4v) is 4.19. The van der Waals surface area contributed by atoms with Crippen LogP contribution in [-0.4, -0.2) is 42.2 Å². The highest BCUT2D eigenvalue weighted by atomic mass is 16.6. The summed E-state index contributed by atoms with van der Waals surface area (Å²) in [6, 6.07) is 5.40. The molecule has 2 aliphatic rings. The van der Waals surface area contributed by atoms with Gasteiger partial charge in [0, 0.05) is 18.7 Å². The molecule has 1 heterocycles. The van der Waals surface area contributed by atoms with Crippen LogP contribution in [0.4, 0.5) is 10.5 Å². The Morgan fingerprint density at radius 2 is 1.81 bits per heavy atom.